The van der Waals surface area contributed by atoms with Crippen molar-refractivity contribution in [3.8, 4) is 0 Å². The Morgan fingerprint density at radius 3 is 1.68 bits per heavy atom. The number of rotatable bonds is 5. The normalized spacial score (nSPS) is 8.68. The van der Waals surface area contributed by atoms with Gasteiger partial charge in [-0.1, -0.05) is 104 Å². The Kier molecular flexibility index (Phi) is 20.7. The molecule has 0 atom stereocenters. The Morgan fingerprint density at radius 2 is 1.13 bits per heavy atom. The number of para-hydroxylation sites is 1. The fourth-order valence-electron chi connectivity index (χ4n) is 1.94. The SMILES string of the molecule is CC.CC.CC.CC.Cc1nc(N/N=C/c2ccccc2)nc(Nc2ccccc2)n1. The molecular formula is C25H40N6. The van der Waals surface area contributed by atoms with Crippen molar-refractivity contribution in [2.75, 3.05) is 10.7 Å². The highest BCUT2D eigenvalue weighted by Crippen LogP contribution is 2.13. The van der Waals surface area contributed by atoms with Gasteiger partial charge in [0.2, 0.25) is 11.9 Å². The first-order valence-corrected chi connectivity index (χ1v) is 11.2. The van der Waals surface area contributed by atoms with E-state index in [0.29, 0.717) is 17.7 Å². The third-order valence-electron chi connectivity index (χ3n) is 2.95. The van der Waals surface area contributed by atoms with Gasteiger partial charge in [0.05, 0.1) is 6.21 Å². The Labute approximate surface area is 189 Å². The number of nitrogens with one attached hydrogen (secondary N) is 2. The molecule has 3 aromatic rings. The molecule has 3 rings (SSSR count). The van der Waals surface area contributed by atoms with E-state index < -0.39 is 0 Å². The highest BCUT2D eigenvalue weighted by atomic mass is 15.4. The third-order valence-corrected chi connectivity index (χ3v) is 2.95. The second-order valence-electron chi connectivity index (χ2n) is 4.80. The molecule has 6 nitrogen and oxygen atoms in total. The molecule has 1 heterocycles. The standard InChI is InChI=1S/C17H16N6.4C2H6/c1-13-19-16(21-15-10-6-3-7-11-15)22-17(20-13)23-18-12-14-8-4-2-5-9-14;4*1-2/h2-12H,1H3,(H2,19,20,21,22,23);4*1-2H3/b18-12+;;;;. The predicted octanol–water partition coefficient (Wildman–Crippen LogP) is 7.47. The maximum Gasteiger partial charge on any atom is 0.248 e. The second kappa shape index (κ2) is 21.4. The molecule has 0 radical (unpaired) electrons. The van der Waals surface area contributed by atoms with Crippen LogP contribution >= 0.6 is 0 Å². The van der Waals surface area contributed by atoms with Gasteiger partial charge in [0.25, 0.3) is 0 Å². The molecule has 2 N–H and O–H groups in total. The van der Waals surface area contributed by atoms with Gasteiger partial charge in [-0.3, -0.25) is 0 Å². The summed E-state index contributed by atoms with van der Waals surface area (Å²) < 4.78 is 0. The predicted molar refractivity (Wildman–Crippen MR) is 137 cm³/mol. The second-order valence-corrected chi connectivity index (χ2v) is 4.80. The summed E-state index contributed by atoms with van der Waals surface area (Å²) >= 11 is 0. The van der Waals surface area contributed by atoms with E-state index in [1.807, 2.05) is 123 Å². The van der Waals surface area contributed by atoms with Crippen LogP contribution < -0.4 is 10.7 Å². The summed E-state index contributed by atoms with van der Waals surface area (Å²) in [6.45, 7) is 17.8. The lowest BCUT2D eigenvalue weighted by atomic mass is 10.2. The van der Waals surface area contributed by atoms with Crippen LogP contribution in [0.1, 0.15) is 66.8 Å². The van der Waals surface area contributed by atoms with Crippen LogP contribution in [-0.4, -0.2) is 21.2 Å². The summed E-state index contributed by atoms with van der Waals surface area (Å²) in [5.41, 5.74) is 4.74. The lowest BCUT2D eigenvalue weighted by molar-refractivity contribution is 0.975. The van der Waals surface area contributed by atoms with Crippen molar-refractivity contribution in [3.05, 3.63) is 72.1 Å². The number of hydrogen-bond acceptors (Lipinski definition) is 6. The lowest BCUT2D eigenvalue weighted by Gasteiger charge is -2.06. The van der Waals surface area contributed by atoms with E-state index in [-0.39, 0.29) is 0 Å². The van der Waals surface area contributed by atoms with E-state index in [2.05, 4.69) is 30.8 Å². The molecule has 0 aliphatic carbocycles. The van der Waals surface area contributed by atoms with Crippen LogP contribution in [0.25, 0.3) is 0 Å². The van der Waals surface area contributed by atoms with Crippen molar-refractivity contribution >= 4 is 23.8 Å². The number of aromatic nitrogens is 3. The van der Waals surface area contributed by atoms with Crippen LogP contribution in [0, 0.1) is 6.92 Å². The molecule has 1 aromatic heterocycles. The highest BCUT2D eigenvalue weighted by Gasteiger charge is 2.03. The smallest absolute Gasteiger partial charge is 0.248 e. The zero-order valence-corrected chi connectivity index (χ0v) is 20.6. The van der Waals surface area contributed by atoms with Gasteiger partial charge in [0.1, 0.15) is 5.82 Å². The van der Waals surface area contributed by atoms with E-state index in [9.17, 15) is 0 Å². The Balaban J connectivity index is 0. The van der Waals surface area contributed by atoms with E-state index in [0.717, 1.165) is 11.3 Å². The van der Waals surface area contributed by atoms with Crippen LogP contribution in [0.15, 0.2) is 65.8 Å². The molecular weight excluding hydrogens is 384 g/mol. The zero-order valence-electron chi connectivity index (χ0n) is 20.6. The van der Waals surface area contributed by atoms with Crippen molar-refractivity contribution < 1.29 is 0 Å². The number of anilines is 3. The van der Waals surface area contributed by atoms with E-state index in [4.69, 9.17) is 0 Å². The molecule has 31 heavy (non-hydrogen) atoms. The Morgan fingerprint density at radius 1 is 0.645 bits per heavy atom. The average Bonchev–Trinajstić information content (AvgIpc) is 2.85. The van der Waals surface area contributed by atoms with Crippen molar-refractivity contribution in [2.24, 2.45) is 5.10 Å². The third kappa shape index (κ3) is 13.5. The number of hydrogen-bond donors (Lipinski definition) is 2. The number of benzene rings is 2. The summed E-state index contributed by atoms with van der Waals surface area (Å²) in [6.07, 6.45) is 1.71. The van der Waals surface area contributed by atoms with Gasteiger partial charge in [-0.05, 0) is 24.6 Å². The molecule has 0 aliphatic heterocycles. The first-order valence-electron chi connectivity index (χ1n) is 11.2. The average molecular weight is 425 g/mol. The molecule has 0 amide bonds. The van der Waals surface area contributed by atoms with Crippen molar-refractivity contribution in [1.29, 1.82) is 0 Å². The summed E-state index contributed by atoms with van der Waals surface area (Å²) in [5, 5.41) is 7.28. The van der Waals surface area contributed by atoms with Crippen molar-refractivity contribution in [2.45, 2.75) is 62.3 Å². The van der Waals surface area contributed by atoms with Gasteiger partial charge in [-0.2, -0.15) is 20.1 Å². The molecule has 0 aliphatic rings. The quantitative estimate of drug-likeness (QED) is 0.328. The minimum atomic E-state index is 0.392. The maximum absolute atomic E-state index is 4.30. The van der Waals surface area contributed by atoms with Gasteiger partial charge >= 0.3 is 0 Å². The van der Waals surface area contributed by atoms with Gasteiger partial charge < -0.3 is 5.32 Å². The maximum atomic E-state index is 4.30. The fourth-order valence-corrected chi connectivity index (χ4v) is 1.94. The van der Waals surface area contributed by atoms with E-state index >= 15 is 0 Å². The van der Waals surface area contributed by atoms with Crippen molar-refractivity contribution in [1.82, 2.24) is 15.0 Å². The van der Waals surface area contributed by atoms with Crippen LogP contribution in [0.2, 0.25) is 0 Å². The molecule has 0 bridgehead atoms. The molecule has 0 saturated carbocycles. The summed E-state index contributed by atoms with van der Waals surface area (Å²) in [5.74, 6) is 1.47. The zero-order chi connectivity index (χ0) is 23.9. The van der Waals surface area contributed by atoms with Crippen LogP contribution in [0.4, 0.5) is 17.6 Å². The molecule has 170 valence electrons. The molecule has 0 unspecified atom stereocenters. The fraction of sp³-hybridized carbons (Fsp3) is 0.360. The summed E-state index contributed by atoms with van der Waals surface area (Å²) in [7, 11) is 0. The van der Waals surface area contributed by atoms with Crippen molar-refractivity contribution in [3.63, 3.8) is 0 Å². The Bertz CT molecular complexity index is 790. The highest BCUT2D eigenvalue weighted by molar-refractivity contribution is 5.79. The Hall–Kier alpha value is -3.28. The molecule has 0 fully saturated rings. The monoisotopic (exact) mass is 424 g/mol. The van der Waals surface area contributed by atoms with Gasteiger partial charge in [0, 0.05) is 5.69 Å². The van der Waals surface area contributed by atoms with Gasteiger partial charge in [0.15, 0.2) is 0 Å². The molecule has 6 heteroatoms. The van der Waals surface area contributed by atoms with Crippen LogP contribution in [0.3, 0.4) is 0 Å². The topological polar surface area (TPSA) is 75.1 Å². The summed E-state index contributed by atoms with van der Waals surface area (Å²) in [6, 6.07) is 19.5. The summed E-state index contributed by atoms with van der Waals surface area (Å²) in [4.78, 5) is 12.8. The van der Waals surface area contributed by atoms with Gasteiger partial charge in [-0.25, -0.2) is 5.43 Å². The van der Waals surface area contributed by atoms with Crippen LogP contribution in [0.5, 0.6) is 0 Å². The van der Waals surface area contributed by atoms with Gasteiger partial charge in [-0.15, -0.1) is 0 Å². The number of hydrazone groups is 1. The number of nitrogens with zero attached hydrogens (tertiary/aromatic N) is 4. The lowest BCUT2D eigenvalue weighted by Crippen LogP contribution is -2.05. The first kappa shape index (κ1) is 29.9. The minimum absolute atomic E-state index is 0.392. The minimum Gasteiger partial charge on any atom is -0.324 e. The molecule has 0 spiro atoms. The molecule has 0 saturated heterocycles. The van der Waals surface area contributed by atoms with E-state index in [1.165, 1.54) is 0 Å². The van der Waals surface area contributed by atoms with E-state index in [1.54, 1.807) is 6.21 Å². The molecule has 2 aromatic carbocycles. The number of aryl methyl sites for hydroxylation is 1. The van der Waals surface area contributed by atoms with Crippen LogP contribution in [-0.2, 0) is 0 Å². The largest absolute Gasteiger partial charge is 0.324 e. The first-order chi connectivity index (χ1) is 15.3.